The van der Waals surface area contributed by atoms with Gasteiger partial charge in [0, 0.05) is 5.92 Å². The van der Waals surface area contributed by atoms with Crippen LogP contribution in [0.5, 0.6) is 0 Å². The lowest BCUT2D eigenvalue weighted by molar-refractivity contribution is -0.178. The molecule has 0 aliphatic carbocycles. The van der Waals surface area contributed by atoms with Crippen LogP contribution >= 0.6 is 0 Å². The van der Waals surface area contributed by atoms with Gasteiger partial charge in [0.2, 0.25) is 0 Å². The van der Waals surface area contributed by atoms with E-state index >= 15 is 0 Å². The van der Waals surface area contributed by atoms with Crippen LogP contribution in [-0.2, 0) is 63.5 Å². The van der Waals surface area contributed by atoms with Crippen LogP contribution in [0.25, 0.3) is 0 Å². The average molecular weight is 961 g/mol. The van der Waals surface area contributed by atoms with Crippen LogP contribution in [0.1, 0.15) is 107 Å². The van der Waals surface area contributed by atoms with Crippen LogP contribution in [0.15, 0.2) is 91.0 Å². The third-order valence-electron chi connectivity index (χ3n) is 11.4. The third kappa shape index (κ3) is 16.4. The number of hydrogen-bond acceptors (Lipinski definition) is 13. The van der Waals surface area contributed by atoms with Gasteiger partial charge in [0.25, 0.3) is 14.2 Å². The number of nitrogens with one attached hydrogen (secondary N) is 2. The number of amides is 2. The summed E-state index contributed by atoms with van der Waals surface area (Å²) in [5, 5.41) is 6.48. The first kappa shape index (κ1) is 56.4. The second-order valence-corrected chi connectivity index (χ2v) is 23.2. The second-order valence-electron chi connectivity index (χ2n) is 19.0. The number of esters is 4. The number of hydrogen-bond donors (Lipinski definition) is 2. The Balaban J connectivity index is 1.95. The topological polar surface area (TPSA) is 199 Å². The first-order valence-electron chi connectivity index (χ1n) is 23.3. The highest BCUT2D eigenvalue weighted by atomic mass is 28.4. The molecule has 0 spiro atoms. The van der Waals surface area contributed by atoms with Crippen molar-refractivity contribution in [2.24, 2.45) is 17.8 Å². The van der Waals surface area contributed by atoms with Crippen LogP contribution in [0.3, 0.4) is 0 Å². The molecule has 0 bridgehead atoms. The normalized spacial score (nSPS) is 14.8. The molecule has 372 valence electrons. The maximum atomic E-state index is 14.6. The highest BCUT2D eigenvalue weighted by Crippen LogP contribution is 2.38. The van der Waals surface area contributed by atoms with Gasteiger partial charge >= 0.3 is 30.0 Å². The predicted molar refractivity (Wildman–Crippen MR) is 259 cm³/mol. The standard InChI is InChI=1S/C52H72N2O13Si/c1-13-35(6)46(47(57)53-41(29-33(2)3)42(55)31-44(56)62-12)66-48(58)37(8)65-50(60)45(54-51(61)63-32-38-23-17-14-18-24-38)36(7)64-49(59)43(30-34(4)5)67-68(52(9,10)11,39-25-19-15-20-26-39)40-27-21-16-22-28-40/h14-28,33-37,41,43,45-46H,13,29-32H2,1-12H3,(H,53,57)(H,54,61). The summed E-state index contributed by atoms with van der Waals surface area (Å²) in [6.07, 6.45) is -6.38. The lowest BCUT2D eigenvalue weighted by Crippen LogP contribution is -2.68. The van der Waals surface area contributed by atoms with E-state index in [9.17, 15) is 33.6 Å². The minimum Gasteiger partial charge on any atom is -0.469 e. The van der Waals surface area contributed by atoms with Gasteiger partial charge in [-0.25, -0.2) is 19.2 Å². The molecule has 16 heteroatoms. The van der Waals surface area contributed by atoms with Crippen molar-refractivity contribution in [3.8, 4) is 0 Å². The zero-order chi connectivity index (χ0) is 50.8. The molecule has 15 nitrogen and oxygen atoms in total. The van der Waals surface area contributed by atoms with Crippen molar-refractivity contribution in [1.29, 1.82) is 0 Å². The van der Waals surface area contributed by atoms with Gasteiger partial charge in [-0.05, 0) is 65.9 Å². The molecule has 7 atom stereocenters. The SMILES string of the molecule is CCC(C)C(OC(=O)C(C)OC(=O)C(NC(=O)OCc1ccccc1)C(C)OC(=O)C(CC(C)C)O[Si](c1ccccc1)(c1ccccc1)C(C)(C)C)C(=O)NC(CC(C)C)C(=O)CC(=O)OC. The van der Waals surface area contributed by atoms with Gasteiger partial charge in [-0.3, -0.25) is 14.4 Å². The van der Waals surface area contributed by atoms with Crippen molar-refractivity contribution in [2.75, 3.05) is 7.11 Å². The number of Topliss-reactive ketones (excluding diaryl/α,β-unsaturated/α-hetero) is 1. The highest BCUT2D eigenvalue weighted by Gasteiger charge is 2.53. The Kier molecular flexibility index (Phi) is 22.1. The molecule has 2 N–H and O–H groups in total. The molecular weight excluding hydrogens is 889 g/mol. The summed E-state index contributed by atoms with van der Waals surface area (Å²) >= 11 is 0. The van der Waals surface area contributed by atoms with Gasteiger partial charge in [-0.1, -0.05) is 153 Å². The summed E-state index contributed by atoms with van der Waals surface area (Å²) in [7, 11) is -2.16. The molecule has 0 aliphatic heterocycles. The highest BCUT2D eigenvalue weighted by molar-refractivity contribution is 6.99. The Morgan fingerprint density at radius 2 is 1.18 bits per heavy atom. The quantitative estimate of drug-likeness (QED) is 0.0391. The molecule has 0 saturated heterocycles. The molecule has 3 aromatic rings. The Bertz CT molecular complexity index is 2070. The van der Waals surface area contributed by atoms with Gasteiger partial charge in [0.1, 0.15) is 25.2 Å². The molecule has 7 unspecified atom stereocenters. The molecular formula is C52H72N2O13Si. The fourth-order valence-electron chi connectivity index (χ4n) is 7.60. The maximum Gasteiger partial charge on any atom is 0.408 e. The largest absolute Gasteiger partial charge is 0.469 e. The van der Waals surface area contributed by atoms with Crippen molar-refractivity contribution in [3.05, 3.63) is 96.6 Å². The molecule has 0 heterocycles. The van der Waals surface area contributed by atoms with Gasteiger partial charge in [-0.15, -0.1) is 0 Å². The molecule has 68 heavy (non-hydrogen) atoms. The van der Waals surface area contributed by atoms with E-state index in [0.29, 0.717) is 12.0 Å². The van der Waals surface area contributed by atoms with Crippen molar-refractivity contribution in [3.63, 3.8) is 0 Å². The molecule has 2 amide bonds. The average Bonchev–Trinajstić information content (AvgIpc) is 3.29. The zero-order valence-electron chi connectivity index (χ0n) is 41.7. The number of benzene rings is 3. The van der Waals surface area contributed by atoms with Gasteiger partial charge < -0.3 is 38.7 Å². The van der Waals surface area contributed by atoms with E-state index in [1.807, 2.05) is 88.4 Å². The Morgan fingerprint density at radius 3 is 1.66 bits per heavy atom. The van der Waals surface area contributed by atoms with E-state index in [-0.39, 0.29) is 31.3 Å². The summed E-state index contributed by atoms with van der Waals surface area (Å²) in [6.45, 7) is 19.8. The summed E-state index contributed by atoms with van der Waals surface area (Å²) < 4.78 is 34.6. The first-order valence-corrected chi connectivity index (χ1v) is 25.2. The molecule has 0 aliphatic rings. The summed E-state index contributed by atoms with van der Waals surface area (Å²) in [6, 6.07) is 25.6. The Labute approximate surface area is 402 Å². The van der Waals surface area contributed by atoms with Crippen LogP contribution in [0, 0.1) is 17.8 Å². The smallest absolute Gasteiger partial charge is 0.408 e. The number of alkyl carbamates (subject to hydrolysis) is 1. The number of carbonyl (C=O) groups excluding carboxylic acids is 7. The first-order chi connectivity index (χ1) is 32.0. The van der Waals surface area contributed by atoms with E-state index in [2.05, 4.69) is 36.1 Å². The monoisotopic (exact) mass is 960 g/mol. The van der Waals surface area contributed by atoms with Gasteiger partial charge in [-0.2, -0.15) is 0 Å². The van der Waals surface area contributed by atoms with Crippen LogP contribution in [-0.4, -0.2) is 93.6 Å². The lowest BCUT2D eigenvalue weighted by atomic mass is 9.96. The second kappa shape index (κ2) is 26.6. The lowest BCUT2D eigenvalue weighted by Gasteiger charge is -2.45. The van der Waals surface area contributed by atoms with E-state index in [4.69, 9.17) is 23.4 Å². The zero-order valence-corrected chi connectivity index (χ0v) is 42.7. The summed E-state index contributed by atoms with van der Waals surface area (Å²) in [5.74, 6) is -5.84. The van der Waals surface area contributed by atoms with Crippen molar-refractivity contribution in [2.45, 2.75) is 150 Å². The number of carbonyl (C=O) groups is 7. The molecule has 0 radical (unpaired) electrons. The summed E-state index contributed by atoms with van der Waals surface area (Å²) in [4.78, 5) is 94.4. The molecule has 0 fully saturated rings. The van der Waals surface area contributed by atoms with Gasteiger partial charge in [0.05, 0.1) is 13.2 Å². The summed E-state index contributed by atoms with van der Waals surface area (Å²) in [5.41, 5.74) is 0.665. The third-order valence-corrected chi connectivity index (χ3v) is 16.5. The number of ether oxygens (including phenoxy) is 5. The Hall–Kier alpha value is -5.87. The molecule has 3 aromatic carbocycles. The minimum atomic E-state index is -3.31. The van der Waals surface area contributed by atoms with Crippen LogP contribution in [0.4, 0.5) is 4.79 Å². The maximum absolute atomic E-state index is 14.6. The fourth-order valence-corrected chi connectivity index (χ4v) is 12.2. The molecule has 0 aromatic heterocycles. The van der Waals surface area contributed by atoms with E-state index in [1.54, 1.807) is 44.2 Å². The van der Waals surface area contributed by atoms with E-state index in [0.717, 1.165) is 17.5 Å². The predicted octanol–water partition coefficient (Wildman–Crippen LogP) is 6.76. The van der Waals surface area contributed by atoms with Crippen molar-refractivity contribution < 1.29 is 61.7 Å². The van der Waals surface area contributed by atoms with Crippen molar-refractivity contribution in [1.82, 2.24) is 10.6 Å². The van der Waals surface area contributed by atoms with E-state index in [1.165, 1.54) is 13.8 Å². The van der Waals surface area contributed by atoms with E-state index < -0.39 is 104 Å². The minimum absolute atomic E-state index is 0.0393. The molecule has 0 saturated carbocycles. The number of methoxy groups -OCH3 is 1. The Morgan fingerprint density at radius 1 is 0.647 bits per heavy atom. The van der Waals surface area contributed by atoms with Gasteiger partial charge in [0.15, 0.2) is 24.0 Å². The number of ketones is 1. The molecule has 3 rings (SSSR count). The number of rotatable bonds is 25. The van der Waals surface area contributed by atoms with Crippen LogP contribution < -0.4 is 21.0 Å². The van der Waals surface area contributed by atoms with Crippen LogP contribution in [0.2, 0.25) is 5.04 Å². The van der Waals surface area contributed by atoms with Crippen molar-refractivity contribution >= 4 is 60.4 Å². The fraction of sp³-hybridized carbons (Fsp3) is 0.519.